The van der Waals surface area contributed by atoms with Crippen LogP contribution in [-0.2, 0) is 9.53 Å². The van der Waals surface area contributed by atoms with Gasteiger partial charge in [-0.1, -0.05) is 11.6 Å². The lowest BCUT2D eigenvalue weighted by molar-refractivity contribution is -0.125. The molecule has 1 N–H and O–H groups in total. The number of nitrogens with zero attached hydrogens (tertiary/aromatic N) is 3. The van der Waals surface area contributed by atoms with E-state index in [1.165, 1.54) is 0 Å². The number of amides is 3. The standard InChI is InChI=1S/C23H27ClN4O4/c24-18-1-7-21(8-2-18)32-16-13-26-9-11-27(12-10-26)23(30)25-19-3-5-20(6-4-19)28-14-15-31-17-22(28)29/h1-8H,9-17H2,(H,25,30). The smallest absolute Gasteiger partial charge is 0.321 e. The molecule has 2 fully saturated rings. The molecule has 3 amide bonds. The van der Waals surface area contributed by atoms with Crippen LogP contribution in [-0.4, -0.2) is 80.8 Å². The molecule has 2 aromatic rings. The molecular weight excluding hydrogens is 432 g/mol. The second kappa shape index (κ2) is 10.7. The third-order valence-electron chi connectivity index (χ3n) is 5.57. The van der Waals surface area contributed by atoms with Gasteiger partial charge in [-0.2, -0.15) is 0 Å². The second-order valence-electron chi connectivity index (χ2n) is 7.71. The monoisotopic (exact) mass is 458 g/mol. The van der Waals surface area contributed by atoms with E-state index in [9.17, 15) is 9.59 Å². The van der Waals surface area contributed by atoms with E-state index in [1.54, 1.807) is 4.90 Å². The summed E-state index contributed by atoms with van der Waals surface area (Å²) in [6.07, 6.45) is 0. The van der Waals surface area contributed by atoms with Crippen LogP contribution in [0.4, 0.5) is 16.2 Å². The number of ether oxygens (including phenoxy) is 2. The van der Waals surface area contributed by atoms with Crippen LogP contribution >= 0.6 is 11.6 Å². The summed E-state index contributed by atoms with van der Waals surface area (Å²) in [5, 5.41) is 3.63. The molecule has 0 bridgehead atoms. The van der Waals surface area contributed by atoms with Crippen LogP contribution in [0.5, 0.6) is 5.75 Å². The number of piperazine rings is 1. The van der Waals surface area contributed by atoms with Gasteiger partial charge in [0, 0.05) is 55.7 Å². The summed E-state index contributed by atoms with van der Waals surface area (Å²) in [6, 6.07) is 14.5. The molecule has 0 saturated carbocycles. The summed E-state index contributed by atoms with van der Waals surface area (Å²) >= 11 is 5.88. The van der Waals surface area contributed by atoms with E-state index in [1.807, 2.05) is 53.4 Å². The quantitative estimate of drug-likeness (QED) is 0.720. The molecular formula is C23H27ClN4O4. The highest BCUT2D eigenvalue weighted by molar-refractivity contribution is 6.30. The molecule has 0 aromatic heterocycles. The van der Waals surface area contributed by atoms with Crippen molar-refractivity contribution in [3.8, 4) is 5.75 Å². The van der Waals surface area contributed by atoms with Crippen LogP contribution in [0.2, 0.25) is 5.02 Å². The van der Waals surface area contributed by atoms with Crippen molar-refractivity contribution in [3.63, 3.8) is 0 Å². The Hall–Kier alpha value is -2.81. The fourth-order valence-corrected chi connectivity index (χ4v) is 3.84. The number of carbonyl (C=O) groups is 2. The first kappa shape index (κ1) is 22.4. The Morgan fingerprint density at radius 2 is 1.72 bits per heavy atom. The van der Waals surface area contributed by atoms with Crippen LogP contribution in [0, 0.1) is 0 Å². The minimum atomic E-state index is -0.114. The molecule has 4 rings (SSSR count). The second-order valence-corrected chi connectivity index (χ2v) is 8.14. The van der Waals surface area contributed by atoms with Gasteiger partial charge in [-0.15, -0.1) is 0 Å². The van der Waals surface area contributed by atoms with Gasteiger partial charge in [0.1, 0.15) is 19.0 Å². The maximum Gasteiger partial charge on any atom is 0.321 e. The number of benzene rings is 2. The van der Waals surface area contributed by atoms with E-state index in [0.29, 0.717) is 43.6 Å². The van der Waals surface area contributed by atoms with Gasteiger partial charge < -0.3 is 24.6 Å². The number of anilines is 2. The molecule has 2 heterocycles. The molecule has 170 valence electrons. The van der Waals surface area contributed by atoms with Gasteiger partial charge in [0.05, 0.1) is 6.61 Å². The Kier molecular flexibility index (Phi) is 7.47. The number of rotatable bonds is 6. The van der Waals surface area contributed by atoms with Crippen molar-refractivity contribution in [2.75, 3.05) is 69.3 Å². The zero-order valence-corrected chi connectivity index (χ0v) is 18.6. The molecule has 2 aromatic carbocycles. The predicted octanol–water partition coefficient (Wildman–Crippen LogP) is 2.93. The predicted molar refractivity (Wildman–Crippen MR) is 124 cm³/mol. The van der Waals surface area contributed by atoms with Crippen molar-refractivity contribution >= 4 is 34.9 Å². The molecule has 0 aliphatic carbocycles. The number of carbonyl (C=O) groups excluding carboxylic acids is 2. The van der Waals surface area contributed by atoms with Crippen molar-refractivity contribution in [2.24, 2.45) is 0 Å². The molecule has 8 nitrogen and oxygen atoms in total. The number of halogens is 1. The minimum absolute atomic E-state index is 0.0514. The highest BCUT2D eigenvalue weighted by Gasteiger charge is 2.22. The number of nitrogens with one attached hydrogen (secondary N) is 1. The number of hydrogen-bond donors (Lipinski definition) is 1. The van der Waals surface area contributed by atoms with Crippen molar-refractivity contribution < 1.29 is 19.1 Å². The van der Waals surface area contributed by atoms with E-state index in [-0.39, 0.29) is 18.5 Å². The Morgan fingerprint density at radius 3 is 2.41 bits per heavy atom. The van der Waals surface area contributed by atoms with E-state index in [0.717, 1.165) is 31.1 Å². The lowest BCUT2D eigenvalue weighted by atomic mass is 10.2. The fourth-order valence-electron chi connectivity index (χ4n) is 3.72. The van der Waals surface area contributed by atoms with Gasteiger partial charge in [-0.05, 0) is 48.5 Å². The average molecular weight is 459 g/mol. The van der Waals surface area contributed by atoms with Crippen LogP contribution < -0.4 is 15.0 Å². The van der Waals surface area contributed by atoms with Gasteiger partial charge in [0.2, 0.25) is 0 Å². The Balaban J connectivity index is 1.19. The normalized spacial score (nSPS) is 17.3. The maximum absolute atomic E-state index is 12.6. The van der Waals surface area contributed by atoms with Crippen molar-refractivity contribution in [1.82, 2.24) is 9.80 Å². The van der Waals surface area contributed by atoms with Gasteiger partial charge >= 0.3 is 6.03 Å². The summed E-state index contributed by atoms with van der Waals surface area (Å²) in [5.74, 6) is 0.751. The largest absolute Gasteiger partial charge is 0.492 e. The van der Waals surface area contributed by atoms with Crippen molar-refractivity contribution in [3.05, 3.63) is 53.6 Å². The summed E-state index contributed by atoms with van der Waals surface area (Å²) < 4.78 is 10.9. The van der Waals surface area contributed by atoms with Crippen LogP contribution in [0.1, 0.15) is 0 Å². The first-order chi connectivity index (χ1) is 15.6. The molecule has 9 heteroatoms. The van der Waals surface area contributed by atoms with Gasteiger partial charge in [0.15, 0.2) is 0 Å². The molecule has 0 spiro atoms. The summed E-state index contributed by atoms with van der Waals surface area (Å²) in [5.41, 5.74) is 1.52. The zero-order valence-electron chi connectivity index (χ0n) is 17.8. The van der Waals surface area contributed by atoms with Gasteiger partial charge in [0.25, 0.3) is 5.91 Å². The van der Waals surface area contributed by atoms with Crippen molar-refractivity contribution in [1.29, 1.82) is 0 Å². The lowest BCUT2D eigenvalue weighted by Crippen LogP contribution is -2.50. The van der Waals surface area contributed by atoms with Crippen LogP contribution in [0.25, 0.3) is 0 Å². The first-order valence-electron chi connectivity index (χ1n) is 10.7. The Morgan fingerprint density at radius 1 is 1.00 bits per heavy atom. The van der Waals surface area contributed by atoms with E-state index in [2.05, 4.69) is 10.2 Å². The summed E-state index contributed by atoms with van der Waals surface area (Å²) in [6.45, 7) is 5.50. The molecule has 32 heavy (non-hydrogen) atoms. The molecule has 2 saturated heterocycles. The third kappa shape index (κ3) is 5.91. The maximum atomic E-state index is 12.6. The summed E-state index contributed by atoms with van der Waals surface area (Å²) in [7, 11) is 0. The highest BCUT2D eigenvalue weighted by atomic mass is 35.5. The summed E-state index contributed by atoms with van der Waals surface area (Å²) in [4.78, 5) is 30.4. The van der Waals surface area contributed by atoms with E-state index >= 15 is 0 Å². The highest BCUT2D eigenvalue weighted by Crippen LogP contribution is 2.20. The topological polar surface area (TPSA) is 74.4 Å². The molecule has 0 unspecified atom stereocenters. The van der Waals surface area contributed by atoms with Gasteiger partial charge in [-0.3, -0.25) is 9.69 Å². The first-order valence-corrected chi connectivity index (χ1v) is 11.1. The molecule has 2 aliphatic rings. The Labute approximate surface area is 192 Å². The number of hydrogen-bond acceptors (Lipinski definition) is 5. The van der Waals surface area contributed by atoms with E-state index < -0.39 is 0 Å². The average Bonchev–Trinajstić information content (AvgIpc) is 2.82. The molecule has 2 aliphatic heterocycles. The van der Waals surface area contributed by atoms with Crippen molar-refractivity contribution in [2.45, 2.75) is 0 Å². The lowest BCUT2D eigenvalue weighted by Gasteiger charge is -2.34. The van der Waals surface area contributed by atoms with Crippen LogP contribution in [0.3, 0.4) is 0 Å². The number of morpholine rings is 1. The van der Waals surface area contributed by atoms with Crippen LogP contribution in [0.15, 0.2) is 48.5 Å². The van der Waals surface area contributed by atoms with E-state index in [4.69, 9.17) is 21.1 Å². The number of urea groups is 1. The Bertz CT molecular complexity index is 915. The zero-order chi connectivity index (χ0) is 22.3. The van der Waals surface area contributed by atoms with Gasteiger partial charge in [-0.25, -0.2) is 4.79 Å². The molecule has 0 radical (unpaired) electrons. The SMILES string of the molecule is O=C(Nc1ccc(N2CCOCC2=O)cc1)N1CCN(CCOc2ccc(Cl)cc2)CC1. The molecule has 0 atom stereocenters. The minimum Gasteiger partial charge on any atom is -0.492 e. The fraction of sp³-hybridized carbons (Fsp3) is 0.391. The third-order valence-corrected chi connectivity index (χ3v) is 5.82.